The van der Waals surface area contributed by atoms with E-state index in [1.807, 2.05) is 0 Å². The minimum absolute atomic E-state index is 0.0490. The van der Waals surface area contributed by atoms with Gasteiger partial charge in [0.05, 0.1) is 11.1 Å². The zero-order valence-electron chi connectivity index (χ0n) is 9.49. The summed E-state index contributed by atoms with van der Waals surface area (Å²) in [4.78, 5) is 0. The molecule has 1 fully saturated rings. The summed E-state index contributed by atoms with van der Waals surface area (Å²) in [6.45, 7) is 0. The Morgan fingerprint density at radius 1 is 1.41 bits per heavy atom. The highest BCUT2D eigenvalue weighted by Crippen LogP contribution is 2.28. The first-order valence-corrected chi connectivity index (χ1v) is 6.22. The molecule has 3 nitrogen and oxygen atoms in total. The van der Waals surface area contributed by atoms with Crippen molar-refractivity contribution in [2.45, 2.75) is 37.8 Å². The third kappa shape index (κ3) is 2.91. The van der Waals surface area contributed by atoms with E-state index in [1.54, 1.807) is 12.1 Å². The van der Waals surface area contributed by atoms with Crippen LogP contribution in [0.15, 0.2) is 18.2 Å². The smallest absolute Gasteiger partial charge is 0.134 e. The van der Waals surface area contributed by atoms with Crippen LogP contribution in [0.3, 0.4) is 0 Å². The van der Waals surface area contributed by atoms with Crippen molar-refractivity contribution in [1.29, 1.82) is 5.26 Å². The number of hydrogen-bond acceptors (Lipinski definition) is 3. The number of aromatic hydroxyl groups is 1. The Morgan fingerprint density at radius 3 is 2.71 bits per heavy atom. The number of benzene rings is 1. The largest absolute Gasteiger partial charge is 0.506 e. The second kappa shape index (κ2) is 5.39. The van der Waals surface area contributed by atoms with E-state index in [0.717, 1.165) is 18.4 Å². The number of nitrogens with zero attached hydrogens (tertiary/aromatic N) is 1. The third-order valence-electron chi connectivity index (χ3n) is 3.19. The second-order valence-corrected chi connectivity index (χ2v) is 4.83. The number of phenols is 1. The van der Waals surface area contributed by atoms with Crippen LogP contribution in [0, 0.1) is 11.3 Å². The van der Waals surface area contributed by atoms with Crippen molar-refractivity contribution >= 4 is 11.6 Å². The van der Waals surface area contributed by atoms with Crippen molar-refractivity contribution < 1.29 is 5.11 Å². The number of hydrogen-bond donors (Lipinski definition) is 2. The molecule has 0 spiro atoms. The van der Waals surface area contributed by atoms with Crippen LogP contribution in [0.1, 0.15) is 37.3 Å². The van der Waals surface area contributed by atoms with Gasteiger partial charge in [0.15, 0.2) is 0 Å². The summed E-state index contributed by atoms with van der Waals surface area (Å²) in [7, 11) is 0. The summed E-state index contributed by atoms with van der Waals surface area (Å²) in [5.74, 6) is 0.0490. The van der Waals surface area contributed by atoms with Crippen LogP contribution in [0.5, 0.6) is 5.75 Å². The Morgan fingerprint density at radius 2 is 2.12 bits per heavy atom. The van der Waals surface area contributed by atoms with Crippen LogP contribution >= 0.6 is 11.6 Å². The molecule has 1 aliphatic rings. The molecule has 1 atom stereocenters. The highest BCUT2D eigenvalue weighted by molar-refractivity contribution is 6.32. The summed E-state index contributed by atoms with van der Waals surface area (Å²) in [5.41, 5.74) is 0.808. The predicted molar refractivity (Wildman–Crippen MR) is 66.9 cm³/mol. The average Bonchev–Trinajstić information content (AvgIpc) is 2.82. The van der Waals surface area contributed by atoms with Gasteiger partial charge in [0.1, 0.15) is 11.8 Å². The fraction of sp³-hybridized carbons (Fsp3) is 0.462. The van der Waals surface area contributed by atoms with Gasteiger partial charge in [0.2, 0.25) is 0 Å². The SMILES string of the molecule is N#CC(NC1CCCC1)c1ccc(O)c(Cl)c1. The van der Waals surface area contributed by atoms with E-state index >= 15 is 0 Å². The molecular formula is C13H15ClN2O. The van der Waals surface area contributed by atoms with Crippen LogP contribution in [-0.4, -0.2) is 11.1 Å². The van der Waals surface area contributed by atoms with Gasteiger partial charge in [-0.05, 0) is 30.5 Å². The van der Waals surface area contributed by atoms with Crippen molar-refractivity contribution in [1.82, 2.24) is 5.32 Å². The van der Waals surface area contributed by atoms with E-state index in [-0.39, 0.29) is 16.8 Å². The summed E-state index contributed by atoms with van der Waals surface area (Å²) in [6, 6.07) is 7.22. The molecule has 0 bridgehead atoms. The van der Waals surface area contributed by atoms with E-state index in [9.17, 15) is 10.4 Å². The Hall–Kier alpha value is -1.24. The Bertz CT molecular complexity index is 436. The van der Waals surface area contributed by atoms with E-state index < -0.39 is 0 Å². The third-order valence-corrected chi connectivity index (χ3v) is 3.49. The van der Waals surface area contributed by atoms with E-state index in [2.05, 4.69) is 11.4 Å². The number of rotatable bonds is 3. The van der Waals surface area contributed by atoms with Crippen LogP contribution in [0.2, 0.25) is 5.02 Å². The molecule has 0 amide bonds. The fourth-order valence-corrected chi connectivity index (χ4v) is 2.43. The van der Waals surface area contributed by atoms with Crippen molar-refractivity contribution in [2.24, 2.45) is 0 Å². The maximum atomic E-state index is 9.35. The van der Waals surface area contributed by atoms with Gasteiger partial charge >= 0.3 is 0 Å². The number of halogens is 1. The van der Waals surface area contributed by atoms with Gasteiger partial charge in [-0.1, -0.05) is 30.5 Å². The summed E-state index contributed by atoms with van der Waals surface area (Å²) < 4.78 is 0. The Kier molecular flexibility index (Phi) is 3.88. The number of nitrogens with one attached hydrogen (secondary N) is 1. The van der Waals surface area contributed by atoms with Gasteiger partial charge < -0.3 is 5.11 Å². The monoisotopic (exact) mass is 250 g/mol. The first-order chi connectivity index (χ1) is 8.20. The fourth-order valence-electron chi connectivity index (χ4n) is 2.24. The molecule has 2 N–H and O–H groups in total. The molecule has 1 aliphatic carbocycles. The van der Waals surface area contributed by atoms with Gasteiger partial charge in [0.25, 0.3) is 0 Å². The molecule has 90 valence electrons. The summed E-state index contributed by atoms with van der Waals surface area (Å²) in [6.07, 6.45) is 4.71. The summed E-state index contributed by atoms with van der Waals surface area (Å²) in [5, 5.41) is 22.1. The molecular weight excluding hydrogens is 236 g/mol. The topological polar surface area (TPSA) is 56.0 Å². The first kappa shape index (κ1) is 12.2. The number of nitriles is 1. The van der Waals surface area contributed by atoms with Crippen molar-refractivity contribution in [3.05, 3.63) is 28.8 Å². The average molecular weight is 251 g/mol. The first-order valence-electron chi connectivity index (χ1n) is 5.85. The lowest BCUT2D eigenvalue weighted by Crippen LogP contribution is -2.29. The molecule has 0 aliphatic heterocycles. The van der Waals surface area contributed by atoms with Crippen molar-refractivity contribution in [2.75, 3.05) is 0 Å². The van der Waals surface area contributed by atoms with Crippen molar-refractivity contribution in [3.63, 3.8) is 0 Å². The molecule has 1 aromatic rings. The molecule has 0 radical (unpaired) electrons. The Labute approximate surface area is 106 Å². The molecule has 1 saturated carbocycles. The Balaban J connectivity index is 2.11. The molecule has 1 aromatic carbocycles. The van der Waals surface area contributed by atoms with Crippen molar-refractivity contribution in [3.8, 4) is 11.8 Å². The molecule has 4 heteroatoms. The minimum Gasteiger partial charge on any atom is -0.506 e. The molecule has 0 saturated heterocycles. The van der Waals surface area contributed by atoms with Crippen LogP contribution in [-0.2, 0) is 0 Å². The second-order valence-electron chi connectivity index (χ2n) is 4.42. The van der Waals surface area contributed by atoms with Gasteiger partial charge in [-0.2, -0.15) is 5.26 Å². The van der Waals surface area contributed by atoms with E-state index in [4.69, 9.17) is 11.6 Å². The minimum atomic E-state index is -0.351. The highest BCUT2D eigenvalue weighted by atomic mass is 35.5. The van der Waals surface area contributed by atoms with Crippen LogP contribution in [0.4, 0.5) is 0 Å². The lowest BCUT2D eigenvalue weighted by atomic mass is 10.1. The highest BCUT2D eigenvalue weighted by Gasteiger charge is 2.20. The van der Waals surface area contributed by atoms with E-state index in [0.29, 0.717) is 6.04 Å². The standard InChI is InChI=1S/C13H15ClN2O/c14-11-7-9(5-6-13(11)17)12(8-15)16-10-3-1-2-4-10/h5-7,10,12,16-17H,1-4H2. The maximum absolute atomic E-state index is 9.35. The zero-order chi connectivity index (χ0) is 12.3. The summed E-state index contributed by atoms with van der Waals surface area (Å²) >= 11 is 5.84. The normalized spacial score (nSPS) is 17.9. The van der Waals surface area contributed by atoms with Gasteiger partial charge in [0, 0.05) is 6.04 Å². The van der Waals surface area contributed by atoms with Crippen LogP contribution in [0.25, 0.3) is 0 Å². The van der Waals surface area contributed by atoms with Gasteiger partial charge in [-0.25, -0.2) is 0 Å². The van der Waals surface area contributed by atoms with Crippen LogP contribution < -0.4 is 5.32 Å². The maximum Gasteiger partial charge on any atom is 0.134 e. The molecule has 0 heterocycles. The van der Waals surface area contributed by atoms with Gasteiger partial charge in [-0.3, -0.25) is 5.32 Å². The quantitative estimate of drug-likeness (QED) is 0.867. The lowest BCUT2D eigenvalue weighted by molar-refractivity contribution is 0.473. The molecule has 2 rings (SSSR count). The number of phenolic OH excluding ortho intramolecular Hbond substituents is 1. The lowest BCUT2D eigenvalue weighted by Gasteiger charge is -2.17. The molecule has 0 aromatic heterocycles. The molecule has 17 heavy (non-hydrogen) atoms. The molecule has 1 unspecified atom stereocenters. The predicted octanol–water partition coefficient (Wildman–Crippen LogP) is 3.14. The van der Waals surface area contributed by atoms with E-state index in [1.165, 1.54) is 18.9 Å². The zero-order valence-corrected chi connectivity index (χ0v) is 10.2. The van der Waals surface area contributed by atoms with Gasteiger partial charge in [-0.15, -0.1) is 0 Å².